The number of benzene rings is 2. The van der Waals surface area contributed by atoms with Crippen molar-refractivity contribution in [2.24, 2.45) is 4.99 Å². The summed E-state index contributed by atoms with van der Waals surface area (Å²) in [5, 5.41) is 25.0. The summed E-state index contributed by atoms with van der Waals surface area (Å²) in [6, 6.07) is 17.0. The maximum absolute atomic E-state index is 9.48. The Labute approximate surface area is 135 Å². The normalized spacial score (nSPS) is 14.5. The van der Waals surface area contributed by atoms with Crippen molar-refractivity contribution in [1.82, 2.24) is 10.6 Å². The van der Waals surface area contributed by atoms with Crippen LogP contribution in [-0.2, 0) is 6.42 Å². The van der Waals surface area contributed by atoms with E-state index in [0.717, 1.165) is 36.6 Å². The fraction of sp³-hybridized carbons (Fsp3) is 0.222. The second-order valence-corrected chi connectivity index (χ2v) is 5.46. The Hall–Kier alpha value is -3.00. The summed E-state index contributed by atoms with van der Waals surface area (Å²) < 4.78 is 0. The van der Waals surface area contributed by atoms with Crippen molar-refractivity contribution in [2.75, 3.05) is 13.1 Å². The van der Waals surface area contributed by atoms with Crippen LogP contribution in [0, 0.1) is 11.3 Å². The Bertz CT molecular complexity index is 729. The number of hydrogen-bond donors (Lipinski definition) is 3. The molecular weight excluding hydrogens is 288 g/mol. The summed E-state index contributed by atoms with van der Waals surface area (Å²) in [5.74, 6) is 1.05. The van der Waals surface area contributed by atoms with Gasteiger partial charge in [-0.3, -0.25) is 4.99 Å². The van der Waals surface area contributed by atoms with Gasteiger partial charge in [-0.2, -0.15) is 5.26 Å². The Balaban J connectivity index is 1.81. The van der Waals surface area contributed by atoms with Gasteiger partial charge in [0.05, 0.1) is 24.2 Å². The lowest BCUT2D eigenvalue weighted by atomic mass is 9.98. The molecule has 23 heavy (non-hydrogen) atoms. The molecule has 1 atom stereocenters. The topological polar surface area (TPSA) is 80.4 Å². The number of nitrogens with one attached hydrogen (secondary N) is 2. The van der Waals surface area contributed by atoms with Gasteiger partial charge >= 0.3 is 0 Å². The molecule has 0 fully saturated rings. The zero-order valence-electron chi connectivity index (χ0n) is 12.7. The minimum absolute atomic E-state index is 0.0351. The molecule has 2 aromatic rings. The van der Waals surface area contributed by atoms with Gasteiger partial charge in [0.15, 0.2) is 5.96 Å². The molecule has 0 aromatic heterocycles. The molecule has 0 amide bonds. The molecule has 116 valence electrons. The van der Waals surface area contributed by atoms with Crippen LogP contribution in [0.15, 0.2) is 53.5 Å². The summed E-state index contributed by atoms with van der Waals surface area (Å²) in [7, 11) is 0. The summed E-state index contributed by atoms with van der Waals surface area (Å²) in [4.78, 5) is 4.39. The zero-order chi connectivity index (χ0) is 16.1. The van der Waals surface area contributed by atoms with Gasteiger partial charge < -0.3 is 15.7 Å². The van der Waals surface area contributed by atoms with E-state index in [1.165, 1.54) is 0 Å². The lowest BCUT2D eigenvalue weighted by molar-refractivity contribution is 0.474. The van der Waals surface area contributed by atoms with E-state index in [0.29, 0.717) is 5.56 Å². The Morgan fingerprint density at radius 1 is 1.17 bits per heavy atom. The van der Waals surface area contributed by atoms with Gasteiger partial charge in [-0.15, -0.1) is 0 Å². The second kappa shape index (κ2) is 6.84. The molecule has 0 saturated heterocycles. The molecule has 1 heterocycles. The SMILES string of the molecule is N#Cc1ccc(CC(NC2=NCCN2)c2ccc(O)cc2)cc1. The first-order chi connectivity index (χ1) is 11.2. The van der Waals surface area contributed by atoms with Crippen LogP contribution in [0.4, 0.5) is 0 Å². The van der Waals surface area contributed by atoms with Gasteiger partial charge in [0.1, 0.15) is 5.75 Å². The predicted molar refractivity (Wildman–Crippen MR) is 89.1 cm³/mol. The molecule has 0 saturated carbocycles. The minimum atomic E-state index is 0.0351. The maximum atomic E-state index is 9.48. The molecule has 0 radical (unpaired) electrons. The van der Waals surface area contributed by atoms with Crippen molar-refractivity contribution < 1.29 is 5.11 Å². The molecule has 1 aliphatic heterocycles. The van der Waals surface area contributed by atoms with E-state index < -0.39 is 0 Å². The van der Waals surface area contributed by atoms with Crippen LogP contribution in [0.25, 0.3) is 0 Å². The van der Waals surface area contributed by atoms with Crippen LogP contribution >= 0.6 is 0 Å². The molecule has 5 nitrogen and oxygen atoms in total. The molecule has 1 aliphatic rings. The van der Waals surface area contributed by atoms with Crippen molar-refractivity contribution in [3.63, 3.8) is 0 Å². The lowest BCUT2D eigenvalue weighted by Gasteiger charge is -2.20. The largest absolute Gasteiger partial charge is 0.508 e. The van der Waals surface area contributed by atoms with Crippen molar-refractivity contribution in [1.29, 1.82) is 5.26 Å². The molecule has 3 N–H and O–H groups in total. The molecule has 1 unspecified atom stereocenters. The first-order valence-electron chi connectivity index (χ1n) is 7.57. The van der Waals surface area contributed by atoms with Gasteiger partial charge in [0.2, 0.25) is 0 Å². The average Bonchev–Trinajstić information content (AvgIpc) is 3.09. The number of aliphatic imine (C=N–C) groups is 1. The third-order valence-corrected chi connectivity index (χ3v) is 3.80. The Morgan fingerprint density at radius 3 is 2.52 bits per heavy atom. The first-order valence-corrected chi connectivity index (χ1v) is 7.57. The van der Waals surface area contributed by atoms with Gasteiger partial charge in [-0.05, 0) is 41.8 Å². The van der Waals surface area contributed by atoms with E-state index in [4.69, 9.17) is 5.26 Å². The van der Waals surface area contributed by atoms with E-state index in [-0.39, 0.29) is 11.8 Å². The van der Waals surface area contributed by atoms with Crippen LogP contribution in [0.2, 0.25) is 0 Å². The fourth-order valence-electron chi connectivity index (χ4n) is 2.57. The number of phenolic OH excluding ortho intramolecular Hbond substituents is 1. The number of guanidine groups is 1. The van der Waals surface area contributed by atoms with Crippen LogP contribution < -0.4 is 10.6 Å². The monoisotopic (exact) mass is 306 g/mol. The quantitative estimate of drug-likeness (QED) is 0.808. The Morgan fingerprint density at radius 2 is 1.91 bits per heavy atom. The van der Waals surface area contributed by atoms with Crippen molar-refractivity contribution in [3.8, 4) is 11.8 Å². The highest BCUT2D eigenvalue weighted by molar-refractivity contribution is 5.81. The Kier molecular flexibility index (Phi) is 4.44. The smallest absolute Gasteiger partial charge is 0.191 e. The highest BCUT2D eigenvalue weighted by Crippen LogP contribution is 2.21. The van der Waals surface area contributed by atoms with E-state index in [1.807, 2.05) is 36.4 Å². The van der Waals surface area contributed by atoms with Crippen molar-refractivity contribution >= 4 is 5.96 Å². The number of nitrogens with zero attached hydrogens (tertiary/aromatic N) is 2. The van der Waals surface area contributed by atoms with Gasteiger partial charge in [0.25, 0.3) is 0 Å². The van der Waals surface area contributed by atoms with Crippen LogP contribution in [0.3, 0.4) is 0 Å². The van der Waals surface area contributed by atoms with Crippen LogP contribution in [0.5, 0.6) is 5.75 Å². The van der Waals surface area contributed by atoms with Gasteiger partial charge in [-0.1, -0.05) is 24.3 Å². The number of aromatic hydroxyl groups is 1. The molecular formula is C18H18N4O. The number of rotatable bonds is 4. The van der Waals surface area contributed by atoms with E-state index in [1.54, 1.807) is 12.1 Å². The summed E-state index contributed by atoms with van der Waals surface area (Å²) in [5.41, 5.74) is 2.86. The lowest BCUT2D eigenvalue weighted by Crippen LogP contribution is -2.37. The number of nitriles is 1. The number of phenols is 1. The number of hydrogen-bond acceptors (Lipinski definition) is 5. The molecule has 5 heteroatoms. The highest BCUT2D eigenvalue weighted by Gasteiger charge is 2.16. The maximum Gasteiger partial charge on any atom is 0.191 e. The standard InChI is InChI=1S/C18H18N4O/c19-12-14-3-1-13(2-4-14)11-17(22-18-20-9-10-21-18)15-5-7-16(23)8-6-15/h1-8,17,23H,9-11H2,(H2,20,21,22). The summed E-state index contributed by atoms with van der Waals surface area (Å²) >= 11 is 0. The highest BCUT2D eigenvalue weighted by atomic mass is 16.3. The van der Waals surface area contributed by atoms with Crippen LogP contribution in [-0.4, -0.2) is 24.2 Å². The first kappa shape index (κ1) is 14.9. The molecule has 2 aromatic carbocycles. The van der Waals surface area contributed by atoms with E-state index in [9.17, 15) is 5.11 Å². The third-order valence-electron chi connectivity index (χ3n) is 3.80. The third kappa shape index (κ3) is 3.80. The van der Waals surface area contributed by atoms with Crippen molar-refractivity contribution in [2.45, 2.75) is 12.5 Å². The van der Waals surface area contributed by atoms with Gasteiger partial charge in [0, 0.05) is 6.54 Å². The van der Waals surface area contributed by atoms with E-state index >= 15 is 0 Å². The van der Waals surface area contributed by atoms with Crippen molar-refractivity contribution in [3.05, 3.63) is 65.2 Å². The molecule has 3 rings (SSSR count). The van der Waals surface area contributed by atoms with Crippen LogP contribution in [0.1, 0.15) is 22.7 Å². The second-order valence-electron chi connectivity index (χ2n) is 5.46. The molecule has 0 aliphatic carbocycles. The molecule has 0 spiro atoms. The summed E-state index contributed by atoms with van der Waals surface area (Å²) in [6.07, 6.45) is 0.761. The van der Waals surface area contributed by atoms with E-state index in [2.05, 4.69) is 21.7 Å². The zero-order valence-corrected chi connectivity index (χ0v) is 12.7. The minimum Gasteiger partial charge on any atom is -0.508 e. The van der Waals surface area contributed by atoms with Gasteiger partial charge in [-0.25, -0.2) is 0 Å². The average molecular weight is 306 g/mol. The predicted octanol–water partition coefficient (Wildman–Crippen LogP) is 2.10. The fourth-order valence-corrected chi connectivity index (χ4v) is 2.57. The molecule has 0 bridgehead atoms. The summed E-state index contributed by atoms with van der Waals surface area (Å²) in [6.45, 7) is 1.63.